The van der Waals surface area contributed by atoms with E-state index in [0.717, 1.165) is 5.56 Å². The number of rotatable bonds is 5. The standard InChI is InChI=1S/C20H16N4O3/c1-27-20(26)16-5-2-6-17-18(16)15(12-23-17)8-14(9-21)19(25)24-11-13-4-3-7-22-10-13/h2-8,10,12,23H,11H2,1H3,(H,24,25). The highest BCUT2D eigenvalue weighted by Gasteiger charge is 2.16. The molecule has 1 aromatic carbocycles. The maximum absolute atomic E-state index is 12.4. The van der Waals surface area contributed by atoms with Crippen LogP contribution in [0.25, 0.3) is 17.0 Å². The lowest BCUT2D eigenvalue weighted by atomic mass is 10.0. The first-order chi connectivity index (χ1) is 13.1. The number of hydrogen-bond donors (Lipinski definition) is 2. The Morgan fingerprint density at radius 1 is 1.33 bits per heavy atom. The molecule has 3 aromatic rings. The number of carbonyl (C=O) groups excluding carboxylic acids is 2. The molecule has 0 saturated carbocycles. The molecule has 0 aliphatic rings. The molecule has 7 nitrogen and oxygen atoms in total. The maximum Gasteiger partial charge on any atom is 0.338 e. The number of H-pyrrole nitrogens is 1. The third kappa shape index (κ3) is 3.85. The van der Waals surface area contributed by atoms with Gasteiger partial charge in [0.05, 0.1) is 12.7 Å². The minimum Gasteiger partial charge on any atom is -0.465 e. The molecular formula is C20H16N4O3. The number of benzene rings is 1. The van der Waals surface area contributed by atoms with Crippen molar-refractivity contribution >= 4 is 28.9 Å². The molecular weight excluding hydrogens is 344 g/mol. The van der Waals surface area contributed by atoms with Gasteiger partial charge in [-0.05, 0) is 29.8 Å². The number of nitriles is 1. The topological polar surface area (TPSA) is 108 Å². The summed E-state index contributed by atoms with van der Waals surface area (Å²) >= 11 is 0. The van der Waals surface area contributed by atoms with Gasteiger partial charge in [0, 0.05) is 41.6 Å². The number of hydrogen-bond acceptors (Lipinski definition) is 5. The van der Waals surface area contributed by atoms with Crippen LogP contribution in [0.3, 0.4) is 0 Å². The van der Waals surface area contributed by atoms with Gasteiger partial charge in [0.25, 0.3) is 5.91 Å². The van der Waals surface area contributed by atoms with Gasteiger partial charge < -0.3 is 15.0 Å². The van der Waals surface area contributed by atoms with E-state index < -0.39 is 11.9 Å². The van der Waals surface area contributed by atoms with Gasteiger partial charge in [-0.3, -0.25) is 9.78 Å². The summed E-state index contributed by atoms with van der Waals surface area (Å²) in [5, 5.41) is 12.7. The van der Waals surface area contributed by atoms with E-state index in [9.17, 15) is 14.9 Å². The van der Waals surface area contributed by atoms with Gasteiger partial charge >= 0.3 is 5.97 Å². The summed E-state index contributed by atoms with van der Waals surface area (Å²) in [7, 11) is 1.30. The van der Waals surface area contributed by atoms with Crippen molar-refractivity contribution in [2.45, 2.75) is 6.54 Å². The van der Waals surface area contributed by atoms with Gasteiger partial charge in [0.15, 0.2) is 0 Å². The molecule has 0 bridgehead atoms. The first-order valence-corrected chi connectivity index (χ1v) is 8.11. The molecule has 3 rings (SSSR count). The van der Waals surface area contributed by atoms with E-state index in [2.05, 4.69) is 15.3 Å². The Morgan fingerprint density at radius 2 is 2.19 bits per heavy atom. The van der Waals surface area contributed by atoms with Crippen LogP contribution >= 0.6 is 0 Å². The number of pyridine rings is 1. The van der Waals surface area contributed by atoms with Crippen molar-refractivity contribution in [3.05, 3.63) is 71.2 Å². The summed E-state index contributed by atoms with van der Waals surface area (Å²) in [6.45, 7) is 0.257. The molecule has 2 heterocycles. The van der Waals surface area contributed by atoms with E-state index >= 15 is 0 Å². The van der Waals surface area contributed by atoms with Crippen molar-refractivity contribution in [1.82, 2.24) is 15.3 Å². The molecule has 1 amide bonds. The highest BCUT2D eigenvalue weighted by Crippen LogP contribution is 2.25. The second kappa shape index (κ2) is 7.97. The Kier molecular flexibility index (Phi) is 5.28. The summed E-state index contributed by atoms with van der Waals surface area (Å²) in [5.74, 6) is -0.999. The van der Waals surface area contributed by atoms with E-state index in [1.807, 2.05) is 12.1 Å². The van der Waals surface area contributed by atoms with Gasteiger partial charge in [0.1, 0.15) is 11.6 Å². The zero-order valence-corrected chi connectivity index (χ0v) is 14.5. The molecule has 0 radical (unpaired) electrons. The predicted molar refractivity (Wildman–Crippen MR) is 99.3 cm³/mol. The Hall–Kier alpha value is -3.92. The minimum atomic E-state index is -0.508. The number of nitrogens with zero attached hydrogens (tertiary/aromatic N) is 2. The molecule has 0 aliphatic heterocycles. The van der Waals surface area contributed by atoms with Crippen molar-refractivity contribution in [3.8, 4) is 6.07 Å². The van der Waals surface area contributed by atoms with Crippen LogP contribution in [0.15, 0.2) is 54.5 Å². The number of ether oxygens (including phenoxy) is 1. The van der Waals surface area contributed by atoms with E-state index in [1.54, 1.807) is 42.9 Å². The van der Waals surface area contributed by atoms with Crippen molar-refractivity contribution in [3.63, 3.8) is 0 Å². The summed E-state index contributed by atoms with van der Waals surface area (Å²) < 4.78 is 4.81. The fraction of sp³-hybridized carbons (Fsp3) is 0.100. The Labute approximate surface area is 155 Å². The van der Waals surface area contributed by atoms with Crippen molar-refractivity contribution in [2.24, 2.45) is 0 Å². The van der Waals surface area contributed by atoms with Crippen LogP contribution in [0.5, 0.6) is 0 Å². The molecule has 0 atom stereocenters. The van der Waals surface area contributed by atoms with Gasteiger partial charge in [-0.2, -0.15) is 5.26 Å². The number of aromatic nitrogens is 2. The van der Waals surface area contributed by atoms with E-state index in [4.69, 9.17) is 4.74 Å². The molecule has 27 heavy (non-hydrogen) atoms. The zero-order valence-electron chi connectivity index (χ0n) is 14.5. The second-order valence-corrected chi connectivity index (χ2v) is 5.68. The summed E-state index contributed by atoms with van der Waals surface area (Å²) in [4.78, 5) is 31.4. The molecule has 0 spiro atoms. The normalized spacial score (nSPS) is 11.0. The lowest BCUT2D eigenvalue weighted by Gasteiger charge is -2.05. The number of aromatic amines is 1. The van der Waals surface area contributed by atoms with Gasteiger partial charge in [-0.15, -0.1) is 0 Å². The summed E-state index contributed by atoms with van der Waals surface area (Å²) in [6.07, 6.45) is 6.37. The largest absolute Gasteiger partial charge is 0.465 e. The molecule has 2 aromatic heterocycles. The maximum atomic E-state index is 12.4. The molecule has 0 fully saturated rings. The zero-order chi connectivity index (χ0) is 19.2. The lowest BCUT2D eigenvalue weighted by molar-refractivity contribution is -0.117. The third-order valence-electron chi connectivity index (χ3n) is 3.98. The van der Waals surface area contributed by atoms with E-state index in [-0.39, 0.29) is 12.1 Å². The fourth-order valence-electron chi connectivity index (χ4n) is 2.69. The van der Waals surface area contributed by atoms with Crippen molar-refractivity contribution in [2.75, 3.05) is 7.11 Å². The minimum absolute atomic E-state index is 0.0699. The van der Waals surface area contributed by atoms with E-state index in [0.29, 0.717) is 22.0 Å². The second-order valence-electron chi connectivity index (χ2n) is 5.68. The number of esters is 1. The summed E-state index contributed by atoms with van der Waals surface area (Å²) in [5.41, 5.74) is 2.37. The molecule has 0 unspecified atom stereocenters. The fourth-order valence-corrected chi connectivity index (χ4v) is 2.69. The molecule has 134 valence electrons. The highest BCUT2D eigenvalue weighted by molar-refractivity contribution is 6.09. The molecule has 0 saturated heterocycles. The number of nitrogens with one attached hydrogen (secondary N) is 2. The van der Waals surface area contributed by atoms with Crippen LogP contribution in [-0.2, 0) is 16.1 Å². The number of fused-ring (bicyclic) bond motifs is 1. The number of methoxy groups -OCH3 is 1. The molecule has 7 heteroatoms. The number of amides is 1. The van der Waals surface area contributed by atoms with Crippen LogP contribution in [0.1, 0.15) is 21.5 Å². The SMILES string of the molecule is COC(=O)c1cccc2[nH]cc(C=C(C#N)C(=O)NCc3cccnc3)c12. The predicted octanol–water partition coefficient (Wildman–Crippen LogP) is 2.57. The Balaban J connectivity index is 1.90. The van der Waals surface area contributed by atoms with Gasteiger partial charge in [0.2, 0.25) is 0 Å². The monoisotopic (exact) mass is 360 g/mol. The van der Waals surface area contributed by atoms with Crippen LogP contribution in [0.4, 0.5) is 0 Å². The first-order valence-electron chi connectivity index (χ1n) is 8.11. The Bertz CT molecular complexity index is 1060. The number of carbonyl (C=O) groups is 2. The smallest absolute Gasteiger partial charge is 0.338 e. The van der Waals surface area contributed by atoms with Gasteiger partial charge in [-0.25, -0.2) is 4.79 Å². The quantitative estimate of drug-likeness (QED) is 0.413. The Morgan fingerprint density at radius 3 is 2.89 bits per heavy atom. The van der Waals surface area contributed by atoms with Crippen LogP contribution in [-0.4, -0.2) is 29.0 Å². The lowest BCUT2D eigenvalue weighted by Crippen LogP contribution is -2.24. The van der Waals surface area contributed by atoms with Crippen LogP contribution in [0, 0.1) is 11.3 Å². The highest BCUT2D eigenvalue weighted by atomic mass is 16.5. The first kappa shape index (κ1) is 17.9. The van der Waals surface area contributed by atoms with Crippen molar-refractivity contribution in [1.29, 1.82) is 5.26 Å². The van der Waals surface area contributed by atoms with Crippen LogP contribution < -0.4 is 5.32 Å². The third-order valence-corrected chi connectivity index (χ3v) is 3.98. The summed E-state index contributed by atoms with van der Waals surface area (Å²) in [6, 6.07) is 10.7. The van der Waals surface area contributed by atoms with Gasteiger partial charge in [-0.1, -0.05) is 12.1 Å². The average Bonchev–Trinajstić information content (AvgIpc) is 3.13. The van der Waals surface area contributed by atoms with Crippen LogP contribution in [0.2, 0.25) is 0 Å². The average molecular weight is 360 g/mol. The van der Waals surface area contributed by atoms with E-state index in [1.165, 1.54) is 13.2 Å². The molecule has 2 N–H and O–H groups in total. The van der Waals surface area contributed by atoms with Crippen molar-refractivity contribution < 1.29 is 14.3 Å². The molecule has 0 aliphatic carbocycles.